The molecule has 4 rings (SSSR count). The van der Waals surface area contributed by atoms with Crippen molar-refractivity contribution in [3.63, 3.8) is 0 Å². The quantitative estimate of drug-likeness (QED) is 0.354. The van der Waals surface area contributed by atoms with Gasteiger partial charge in [0.2, 0.25) is 11.5 Å². The molecule has 1 aromatic heterocycles. The zero-order valence-electron chi connectivity index (χ0n) is 9.96. The summed E-state index contributed by atoms with van der Waals surface area (Å²) in [5.74, 6) is -0.0630. The van der Waals surface area contributed by atoms with Crippen LogP contribution in [0.4, 0.5) is 0 Å². The number of nitrogens with zero attached hydrogens (tertiary/aromatic N) is 1. The first-order valence-electron chi connectivity index (χ1n) is 6.06. The van der Waals surface area contributed by atoms with E-state index >= 15 is 0 Å². The molecule has 0 aliphatic heterocycles. The van der Waals surface area contributed by atoms with Gasteiger partial charge in [-0.1, -0.05) is 36.4 Å². The molecule has 2 aromatic carbocycles. The van der Waals surface area contributed by atoms with E-state index in [1.54, 1.807) is 6.07 Å². The topological polar surface area (TPSA) is 44.0 Å². The number of hydrogen-bond donors (Lipinski definition) is 0. The van der Waals surface area contributed by atoms with Crippen LogP contribution in [0.2, 0.25) is 0 Å². The highest BCUT2D eigenvalue weighted by Gasteiger charge is 2.34. The molecule has 3 heteroatoms. The largest absolute Gasteiger partial charge is 0.618 e. The van der Waals surface area contributed by atoms with Crippen LogP contribution in [0, 0.1) is 5.21 Å². The maximum absolute atomic E-state index is 12.5. The third kappa shape index (κ3) is 1.21. The van der Waals surface area contributed by atoms with E-state index < -0.39 is 0 Å². The van der Waals surface area contributed by atoms with E-state index in [-0.39, 0.29) is 5.78 Å². The Hall–Kier alpha value is -2.68. The van der Waals surface area contributed by atoms with Crippen molar-refractivity contribution < 1.29 is 9.52 Å². The molecule has 0 atom stereocenters. The van der Waals surface area contributed by atoms with Gasteiger partial charge in [-0.05, 0) is 12.1 Å². The summed E-state index contributed by atoms with van der Waals surface area (Å²) in [6.07, 6.45) is 1.53. The standard InChI is InChI=1S/C16H9NO2/c18-16-13-8-4-3-7-12(13)15-14(16)11-6-2-1-5-10(11)9-17(15)19/h1-9H. The Morgan fingerprint density at radius 3 is 2.42 bits per heavy atom. The maximum Gasteiger partial charge on any atom is 0.236 e. The van der Waals surface area contributed by atoms with Gasteiger partial charge >= 0.3 is 0 Å². The van der Waals surface area contributed by atoms with Crippen LogP contribution in [0.1, 0.15) is 15.9 Å². The molecule has 1 aliphatic rings. The van der Waals surface area contributed by atoms with Crippen molar-refractivity contribution in [2.24, 2.45) is 0 Å². The minimum atomic E-state index is -0.0630. The van der Waals surface area contributed by atoms with E-state index in [1.807, 2.05) is 42.5 Å². The first-order chi connectivity index (χ1) is 9.27. The van der Waals surface area contributed by atoms with Crippen LogP contribution in [-0.4, -0.2) is 5.78 Å². The second-order valence-electron chi connectivity index (χ2n) is 4.64. The van der Waals surface area contributed by atoms with Crippen molar-refractivity contribution in [3.8, 4) is 11.3 Å². The fraction of sp³-hybridized carbons (Fsp3) is 0. The Bertz CT molecular complexity index is 852. The molecule has 0 radical (unpaired) electrons. The molecule has 0 fully saturated rings. The predicted molar refractivity (Wildman–Crippen MR) is 71.8 cm³/mol. The molecule has 0 N–H and O–H groups in total. The molecule has 1 heterocycles. The Morgan fingerprint density at radius 2 is 1.58 bits per heavy atom. The molecule has 0 spiro atoms. The zero-order valence-corrected chi connectivity index (χ0v) is 9.96. The summed E-state index contributed by atoms with van der Waals surface area (Å²) in [5.41, 5.74) is 2.33. The van der Waals surface area contributed by atoms with Crippen molar-refractivity contribution in [2.45, 2.75) is 0 Å². The van der Waals surface area contributed by atoms with Crippen LogP contribution in [0.25, 0.3) is 22.0 Å². The average Bonchev–Trinajstić information content (AvgIpc) is 2.74. The predicted octanol–water partition coefficient (Wildman–Crippen LogP) is 2.68. The Labute approximate surface area is 109 Å². The molecule has 0 saturated carbocycles. The van der Waals surface area contributed by atoms with E-state index in [0.717, 1.165) is 21.1 Å². The molecule has 0 amide bonds. The normalized spacial score (nSPS) is 12.5. The summed E-state index contributed by atoms with van der Waals surface area (Å²) < 4.78 is 0.807. The Morgan fingerprint density at radius 1 is 0.895 bits per heavy atom. The second kappa shape index (κ2) is 3.42. The van der Waals surface area contributed by atoms with Gasteiger partial charge in [-0.15, -0.1) is 0 Å². The van der Waals surface area contributed by atoms with Gasteiger partial charge < -0.3 is 5.21 Å². The highest BCUT2D eigenvalue weighted by atomic mass is 16.5. The lowest BCUT2D eigenvalue weighted by molar-refractivity contribution is -0.592. The number of benzene rings is 2. The van der Waals surface area contributed by atoms with Crippen LogP contribution in [0.15, 0.2) is 54.7 Å². The second-order valence-corrected chi connectivity index (χ2v) is 4.64. The van der Waals surface area contributed by atoms with Crippen LogP contribution >= 0.6 is 0 Å². The minimum Gasteiger partial charge on any atom is -0.618 e. The average molecular weight is 247 g/mol. The number of fused-ring (bicyclic) bond motifs is 5. The number of rotatable bonds is 0. The van der Waals surface area contributed by atoms with Crippen molar-refractivity contribution in [1.29, 1.82) is 0 Å². The molecular weight excluding hydrogens is 238 g/mol. The maximum atomic E-state index is 12.5. The first kappa shape index (κ1) is 10.3. The van der Waals surface area contributed by atoms with Gasteiger partial charge in [-0.3, -0.25) is 4.79 Å². The number of carbonyl (C=O) groups excluding carboxylic acids is 1. The molecule has 19 heavy (non-hydrogen) atoms. The monoisotopic (exact) mass is 247 g/mol. The lowest BCUT2D eigenvalue weighted by atomic mass is 10.0. The number of aromatic nitrogens is 1. The zero-order chi connectivity index (χ0) is 13.0. The van der Waals surface area contributed by atoms with E-state index in [2.05, 4.69) is 0 Å². The van der Waals surface area contributed by atoms with Crippen molar-refractivity contribution >= 4 is 16.6 Å². The summed E-state index contributed by atoms with van der Waals surface area (Å²) >= 11 is 0. The summed E-state index contributed by atoms with van der Waals surface area (Å²) in [4.78, 5) is 12.5. The smallest absolute Gasteiger partial charge is 0.236 e. The summed E-state index contributed by atoms with van der Waals surface area (Å²) in [5, 5.41) is 13.8. The van der Waals surface area contributed by atoms with Crippen molar-refractivity contribution in [2.75, 3.05) is 0 Å². The molecule has 0 saturated heterocycles. The minimum absolute atomic E-state index is 0.0630. The van der Waals surface area contributed by atoms with E-state index in [9.17, 15) is 10.0 Å². The van der Waals surface area contributed by atoms with Crippen LogP contribution in [-0.2, 0) is 0 Å². The van der Waals surface area contributed by atoms with Gasteiger partial charge in [0.1, 0.15) is 5.56 Å². The molecule has 0 bridgehead atoms. The van der Waals surface area contributed by atoms with Crippen molar-refractivity contribution in [3.05, 3.63) is 71.1 Å². The van der Waals surface area contributed by atoms with Gasteiger partial charge in [0, 0.05) is 16.3 Å². The van der Waals surface area contributed by atoms with Crippen LogP contribution in [0.3, 0.4) is 0 Å². The fourth-order valence-corrected chi connectivity index (χ4v) is 2.77. The van der Waals surface area contributed by atoms with Gasteiger partial charge in [0.15, 0.2) is 6.20 Å². The third-order valence-electron chi connectivity index (χ3n) is 3.60. The summed E-state index contributed by atoms with van der Waals surface area (Å²) in [6.45, 7) is 0. The molecule has 1 aliphatic carbocycles. The SMILES string of the molecule is O=C1c2ccccc2-c2c1c1ccccc1c[n+]2[O-]. The summed E-state index contributed by atoms with van der Waals surface area (Å²) in [6, 6.07) is 14.7. The molecule has 0 unspecified atom stereocenters. The molecule has 90 valence electrons. The third-order valence-corrected chi connectivity index (χ3v) is 3.60. The van der Waals surface area contributed by atoms with Gasteiger partial charge in [0.05, 0.1) is 5.56 Å². The number of hydrogen-bond acceptors (Lipinski definition) is 2. The van der Waals surface area contributed by atoms with Gasteiger partial charge in [-0.25, -0.2) is 0 Å². The highest BCUT2D eigenvalue weighted by Crippen LogP contribution is 2.37. The highest BCUT2D eigenvalue weighted by molar-refractivity contribution is 6.25. The number of carbonyl (C=O) groups is 1. The van der Waals surface area contributed by atoms with Crippen LogP contribution in [0.5, 0.6) is 0 Å². The first-order valence-corrected chi connectivity index (χ1v) is 6.06. The fourth-order valence-electron chi connectivity index (χ4n) is 2.77. The molecule has 3 aromatic rings. The lowest BCUT2D eigenvalue weighted by Crippen LogP contribution is -2.29. The molecule has 3 nitrogen and oxygen atoms in total. The summed E-state index contributed by atoms with van der Waals surface area (Å²) in [7, 11) is 0. The van der Waals surface area contributed by atoms with Gasteiger partial charge in [-0.2, -0.15) is 4.73 Å². The Kier molecular flexibility index (Phi) is 1.85. The van der Waals surface area contributed by atoms with E-state index in [0.29, 0.717) is 16.8 Å². The van der Waals surface area contributed by atoms with Gasteiger partial charge in [0.25, 0.3) is 0 Å². The van der Waals surface area contributed by atoms with E-state index in [1.165, 1.54) is 6.20 Å². The van der Waals surface area contributed by atoms with Crippen molar-refractivity contribution in [1.82, 2.24) is 0 Å². The number of pyridine rings is 1. The Balaban J connectivity index is 2.23. The number of ketones is 1. The molecular formula is C16H9NO2. The van der Waals surface area contributed by atoms with Crippen LogP contribution < -0.4 is 4.73 Å². The van der Waals surface area contributed by atoms with E-state index in [4.69, 9.17) is 0 Å². The lowest BCUT2D eigenvalue weighted by Gasteiger charge is -2.06.